The first-order chi connectivity index (χ1) is 13.3. The van der Waals surface area contributed by atoms with E-state index in [1.165, 1.54) is 16.7 Å². The number of oxime groups is 1. The van der Waals surface area contributed by atoms with Gasteiger partial charge in [-0.3, -0.25) is 9.59 Å². The Kier molecular flexibility index (Phi) is 7.19. The summed E-state index contributed by atoms with van der Waals surface area (Å²) in [5.74, 6) is -2.46. The van der Waals surface area contributed by atoms with Crippen LogP contribution in [0.3, 0.4) is 0 Å². The molecule has 2 aliphatic heterocycles. The van der Waals surface area contributed by atoms with E-state index in [1.54, 1.807) is 40.0 Å². The van der Waals surface area contributed by atoms with Crippen molar-refractivity contribution in [3.8, 4) is 0 Å². The second-order valence-corrected chi connectivity index (χ2v) is 10.9. The average molecular weight is 464 g/mol. The van der Waals surface area contributed by atoms with Crippen molar-refractivity contribution in [3.63, 3.8) is 0 Å². The summed E-state index contributed by atoms with van der Waals surface area (Å²) in [5, 5.41) is 19.4. The SMILES string of the molecule is CC(C)(C)O/N=C(\C(=O)N[C@H]1C(=O)N2[C@@H]1SC(C)(C)[C@@H]2C(=O)[O-])c1csc(N)n1.[Na+]. The Morgan fingerprint density at radius 3 is 2.53 bits per heavy atom. The Hall–Kier alpha value is -1.34. The Morgan fingerprint density at radius 2 is 2.03 bits per heavy atom. The van der Waals surface area contributed by atoms with Crippen molar-refractivity contribution in [3.05, 3.63) is 11.1 Å². The van der Waals surface area contributed by atoms with E-state index in [4.69, 9.17) is 10.6 Å². The van der Waals surface area contributed by atoms with Crippen LogP contribution in [0, 0.1) is 0 Å². The van der Waals surface area contributed by atoms with Crippen LogP contribution in [0.25, 0.3) is 0 Å². The molecule has 0 aromatic carbocycles. The van der Waals surface area contributed by atoms with E-state index in [2.05, 4.69) is 15.5 Å². The number of nitrogens with zero attached hydrogens (tertiary/aromatic N) is 3. The second-order valence-electron chi connectivity index (χ2n) is 8.24. The van der Waals surface area contributed by atoms with Crippen LogP contribution in [0.5, 0.6) is 0 Å². The van der Waals surface area contributed by atoms with E-state index in [9.17, 15) is 19.5 Å². The number of carbonyl (C=O) groups excluding carboxylic acids is 3. The number of β-lactam (4-membered cyclic amide) rings is 1. The predicted octanol–water partition coefficient (Wildman–Crippen LogP) is -3.45. The molecular formula is C17H22N5NaO5S2. The zero-order chi connectivity index (χ0) is 21.7. The van der Waals surface area contributed by atoms with Crippen LogP contribution in [0.4, 0.5) is 5.13 Å². The number of carboxylic acid groups (broad SMARTS) is 1. The van der Waals surface area contributed by atoms with Gasteiger partial charge in [0.15, 0.2) is 10.8 Å². The van der Waals surface area contributed by atoms with Crippen molar-refractivity contribution < 1.29 is 53.9 Å². The first kappa shape index (κ1) is 24.9. The molecule has 0 radical (unpaired) electrons. The molecule has 1 aromatic rings. The molecule has 0 aliphatic carbocycles. The van der Waals surface area contributed by atoms with Gasteiger partial charge in [0.1, 0.15) is 22.7 Å². The molecule has 0 spiro atoms. The maximum atomic E-state index is 12.9. The van der Waals surface area contributed by atoms with E-state index >= 15 is 0 Å². The maximum Gasteiger partial charge on any atom is 1.00 e. The summed E-state index contributed by atoms with van der Waals surface area (Å²) >= 11 is 2.44. The molecule has 2 fully saturated rings. The molecule has 13 heteroatoms. The molecule has 1 aromatic heterocycles. The molecule has 0 unspecified atom stereocenters. The smallest absolute Gasteiger partial charge is 0.548 e. The van der Waals surface area contributed by atoms with E-state index < -0.39 is 45.6 Å². The van der Waals surface area contributed by atoms with Crippen LogP contribution in [0.2, 0.25) is 0 Å². The predicted molar refractivity (Wildman–Crippen MR) is 107 cm³/mol. The Balaban J connectivity index is 0.00000320. The molecule has 10 nitrogen and oxygen atoms in total. The minimum Gasteiger partial charge on any atom is -0.548 e. The summed E-state index contributed by atoms with van der Waals surface area (Å²) < 4.78 is -0.742. The van der Waals surface area contributed by atoms with Gasteiger partial charge >= 0.3 is 29.6 Å². The number of nitrogens with one attached hydrogen (secondary N) is 1. The molecule has 2 amide bonds. The van der Waals surface area contributed by atoms with Crippen LogP contribution in [-0.4, -0.2) is 61.2 Å². The number of rotatable bonds is 5. The van der Waals surface area contributed by atoms with E-state index in [0.717, 1.165) is 11.3 Å². The third-order valence-electron chi connectivity index (χ3n) is 4.34. The fraction of sp³-hybridized carbons (Fsp3) is 0.588. The topological polar surface area (TPSA) is 150 Å². The summed E-state index contributed by atoms with van der Waals surface area (Å²) in [6.07, 6.45) is 0. The number of carboxylic acids is 1. The molecule has 0 bridgehead atoms. The fourth-order valence-corrected chi connectivity index (χ4v) is 5.29. The van der Waals surface area contributed by atoms with Crippen molar-refractivity contribution in [1.29, 1.82) is 0 Å². The average Bonchev–Trinajstić information content (AvgIpc) is 3.10. The maximum absolute atomic E-state index is 12.9. The molecule has 158 valence electrons. The van der Waals surface area contributed by atoms with Crippen LogP contribution in [0.1, 0.15) is 40.3 Å². The van der Waals surface area contributed by atoms with Gasteiger partial charge in [-0.15, -0.1) is 23.1 Å². The quantitative estimate of drug-likeness (QED) is 0.198. The summed E-state index contributed by atoms with van der Waals surface area (Å²) in [6.45, 7) is 8.76. The molecular weight excluding hydrogens is 441 g/mol. The number of hydrogen-bond acceptors (Lipinski definition) is 10. The number of thioether (sulfide) groups is 1. The van der Waals surface area contributed by atoms with Crippen molar-refractivity contribution in [2.24, 2.45) is 5.16 Å². The minimum absolute atomic E-state index is 0. The molecule has 3 atom stereocenters. The van der Waals surface area contributed by atoms with Gasteiger partial charge in [0.05, 0.1) is 12.0 Å². The van der Waals surface area contributed by atoms with E-state index in [0.29, 0.717) is 0 Å². The number of anilines is 1. The van der Waals surface area contributed by atoms with Gasteiger partial charge < -0.3 is 30.7 Å². The number of aromatic nitrogens is 1. The van der Waals surface area contributed by atoms with Gasteiger partial charge in [0.2, 0.25) is 5.91 Å². The Labute approximate surface area is 204 Å². The van der Waals surface area contributed by atoms with Gasteiger partial charge in [-0.25, -0.2) is 4.98 Å². The monoisotopic (exact) mass is 463 g/mol. The first-order valence-electron chi connectivity index (χ1n) is 8.81. The van der Waals surface area contributed by atoms with Crippen LogP contribution >= 0.6 is 23.1 Å². The van der Waals surface area contributed by atoms with Crippen LogP contribution in [-0.2, 0) is 19.2 Å². The third kappa shape index (κ3) is 4.77. The summed E-state index contributed by atoms with van der Waals surface area (Å²) in [6, 6.07) is -1.94. The molecule has 3 N–H and O–H groups in total. The number of fused-ring (bicyclic) bond motifs is 1. The number of nitrogen functional groups attached to an aromatic ring is 1. The molecule has 2 saturated heterocycles. The Bertz CT molecular complexity index is 897. The van der Waals surface area contributed by atoms with Gasteiger partial charge in [-0.2, -0.15) is 0 Å². The first-order valence-corrected chi connectivity index (χ1v) is 10.6. The number of aliphatic carboxylic acids is 1. The van der Waals surface area contributed by atoms with Gasteiger partial charge in [0.25, 0.3) is 5.91 Å². The number of carbonyl (C=O) groups is 3. The van der Waals surface area contributed by atoms with Crippen molar-refractivity contribution in [2.75, 3.05) is 5.73 Å². The van der Waals surface area contributed by atoms with Crippen LogP contribution in [0.15, 0.2) is 10.5 Å². The van der Waals surface area contributed by atoms with Crippen LogP contribution < -0.4 is 45.7 Å². The molecule has 3 rings (SSSR count). The van der Waals surface area contributed by atoms with E-state index in [1.807, 2.05) is 0 Å². The second kappa shape index (κ2) is 8.65. The molecule has 0 saturated carbocycles. The number of amides is 2. The zero-order valence-electron chi connectivity index (χ0n) is 17.6. The Morgan fingerprint density at radius 1 is 1.40 bits per heavy atom. The number of thiazole rings is 1. The molecule has 2 aliphatic rings. The van der Waals surface area contributed by atoms with Crippen molar-refractivity contribution in [1.82, 2.24) is 15.2 Å². The molecule has 3 heterocycles. The number of nitrogens with two attached hydrogens (primary N) is 1. The van der Waals surface area contributed by atoms with Gasteiger partial charge in [-0.05, 0) is 34.6 Å². The fourth-order valence-electron chi connectivity index (χ4n) is 3.12. The number of hydrogen-bond donors (Lipinski definition) is 2. The van der Waals surface area contributed by atoms with Crippen molar-refractivity contribution >= 4 is 51.7 Å². The zero-order valence-corrected chi connectivity index (χ0v) is 21.2. The van der Waals surface area contributed by atoms with E-state index in [-0.39, 0.29) is 46.1 Å². The summed E-state index contributed by atoms with van der Waals surface area (Å²) in [5.41, 5.74) is 5.12. The van der Waals surface area contributed by atoms with Gasteiger partial charge in [-0.1, -0.05) is 5.16 Å². The van der Waals surface area contributed by atoms with Gasteiger partial charge in [0, 0.05) is 10.1 Å². The summed E-state index contributed by atoms with van der Waals surface area (Å²) in [7, 11) is 0. The molecule has 30 heavy (non-hydrogen) atoms. The van der Waals surface area contributed by atoms with Crippen molar-refractivity contribution in [2.45, 2.75) is 62.4 Å². The standard InChI is InChI=1S/C17H23N5O5S2.Na/c1-16(2,3)27-21-8(7-6-28-15(18)19-7)11(23)20-9-12(24)22-10(14(25)26)17(4,5)29-13(9)22;/h6,9-10,13H,1-5H3,(H2,18,19)(H,20,23)(H,25,26);/q;+1/p-1/b21-8-;/t9-,10-,13+;/m0./s1. The summed E-state index contributed by atoms with van der Waals surface area (Å²) in [4.78, 5) is 47.6. The minimum atomic E-state index is -1.32. The normalized spacial score (nSPS) is 25.1. The third-order valence-corrected chi connectivity index (χ3v) is 6.59. The largest absolute Gasteiger partial charge is 1.00 e.